The number of thiophene rings is 1. The summed E-state index contributed by atoms with van der Waals surface area (Å²) < 4.78 is 45.2. The van der Waals surface area contributed by atoms with Crippen molar-refractivity contribution in [2.45, 2.75) is 6.18 Å². The first-order valence-electron chi connectivity index (χ1n) is 6.43. The zero-order valence-electron chi connectivity index (χ0n) is 12.2. The van der Waals surface area contributed by atoms with Crippen LogP contribution in [0.2, 0.25) is 0 Å². The maximum Gasteiger partial charge on any atom is 0.422 e. The van der Waals surface area contributed by atoms with Gasteiger partial charge in [0, 0.05) is 12.3 Å². The van der Waals surface area contributed by atoms with Gasteiger partial charge < -0.3 is 14.8 Å². The molecular formula is C14H11F3N2O4S. The molecule has 0 aromatic carbocycles. The van der Waals surface area contributed by atoms with Crippen LogP contribution in [-0.4, -0.2) is 36.8 Å². The van der Waals surface area contributed by atoms with Crippen molar-refractivity contribution < 1.29 is 32.2 Å². The predicted octanol–water partition coefficient (Wildman–Crippen LogP) is 3.12. The monoisotopic (exact) mass is 360 g/mol. The first kappa shape index (κ1) is 17.7. The average molecular weight is 360 g/mol. The average Bonchev–Trinajstić information content (AvgIpc) is 3.00. The normalized spacial score (nSPS) is 11.0. The van der Waals surface area contributed by atoms with Crippen LogP contribution in [-0.2, 0) is 4.74 Å². The first-order valence-corrected chi connectivity index (χ1v) is 7.31. The number of anilines is 1. The zero-order chi connectivity index (χ0) is 17.7. The van der Waals surface area contributed by atoms with Gasteiger partial charge in [0.05, 0.1) is 18.4 Å². The number of carbonyl (C=O) groups excluding carboxylic acids is 2. The zero-order valence-corrected chi connectivity index (χ0v) is 13.0. The quantitative estimate of drug-likeness (QED) is 0.829. The second-order valence-electron chi connectivity index (χ2n) is 4.40. The number of nitrogens with zero attached hydrogens (tertiary/aromatic N) is 1. The summed E-state index contributed by atoms with van der Waals surface area (Å²) in [4.78, 5) is 27.5. The summed E-state index contributed by atoms with van der Waals surface area (Å²) in [6.45, 7) is -1.47. The fraction of sp³-hybridized carbons (Fsp3) is 0.214. The molecule has 1 N–H and O–H groups in total. The molecule has 2 heterocycles. The van der Waals surface area contributed by atoms with Gasteiger partial charge in [-0.2, -0.15) is 13.2 Å². The van der Waals surface area contributed by atoms with Gasteiger partial charge in [-0.3, -0.25) is 4.79 Å². The molecule has 6 nitrogen and oxygen atoms in total. The SMILES string of the molecule is COC(=O)c1sccc1NC(=O)c1ccc(OCC(F)(F)F)nc1. The molecule has 0 radical (unpaired) electrons. The summed E-state index contributed by atoms with van der Waals surface area (Å²) >= 11 is 1.10. The van der Waals surface area contributed by atoms with Crippen molar-refractivity contribution >= 4 is 28.9 Å². The molecule has 2 aromatic rings. The van der Waals surface area contributed by atoms with Crippen LogP contribution in [0.5, 0.6) is 5.88 Å². The third-order valence-corrected chi connectivity index (χ3v) is 3.56. The van der Waals surface area contributed by atoms with E-state index in [2.05, 4.69) is 19.8 Å². The van der Waals surface area contributed by atoms with Gasteiger partial charge in [0.2, 0.25) is 5.88 Å². The minimum atomic E-state index is -4.47. The molecule has 2 rings (SSSR count). The lowest BCUT2D eigenvalue weighted by Gasteiger charge is -2.09. The molecule has 0 unspecified atom stereocenters. The minimum Gasteiger partial charge on any atom is -0.468 e. The lowest BCUT2D eigenvalue weighted by atomic mass is 10.2. The van der Waals surface area contributed by atoms with Crippen LogP contribution in [0.15, 0.2) is 29.8 Å². The van der Waals surface area contributed by atoms with Crippen LogP contribution < -0.4 is 10.1 Å². The maximum atomic E-state index is 12.1. The molecule has 0 aliphatic heterocycles. The lowest BCUT2D eigenvalue weighted by molar-refractivity contribution is -0.154. The molecule has 0 bridgehead atoms. The highest BCUT2D eigenvalue weighted by atomic mass is 32.1. The summed E-state index contributed by atoms with van der Waals surface area (Å²) in [5, 5.41) is 4.11. The number of hydrogen-bond donors (Lipinski definition) is 1. The molecular weight excluding hydrogens is 349 g/mol. The number of amides is 1. The Balaban J connectivity index is 2.03. The highest BCUT2D eigenvalue weighted by molar-refractivity contribution is 7.12. The van der Waals surface area contributed by atoms with Crippen LogP contribution in [0.3, 0.4) is 0 Å². The van der Waals surface area contributed by atoms with Gasteiger partial charge in [0.1, 0.15) is 4.88 Å². The Hall–Kier alpha value is -2.62. The molecule has 2 aromatic heterocycles. The molecule has 24 heavy (non-hydrogen) atoms. The third kappa shape index (κ3) is 4.69. The molecule has 0 spiro atoms. The fourth-order valence-corrected chi connectivity index (χ4v) is 2.37. The highest BCUT2D eigenvalue weighted by Crippen LogP contribution is 2.24. The number of alkyl halides is 3. The second-order valence-corrected chi connectivity index (χ2v) is 5.31. The van der Waals surface area contributed by atoms with E-state index < -0.39 is 24.7 Å². The van der Waals surface area contributed by atoms with E-state index in [-0.39, 0.29) is 22.0 Å². The van der Waals surface area contributed by atoms with E-state index in [0.717, 1.165) is 23.6 Å². The topological polar surface area (TPSA) is 77.5 Å². The molecule has 128 valence electrons. The molecule has 0 fully saturated rings. The number of ether oxygens (including phenoxy) is 2. The third-order valence-electron chi connectivity index (χ3n) is 2.67. The van der Waals surface area contributed by atoms with Crippen LogP contribution in [0.25, 0.3) is 0 Å². The van der Waals surface area contributed by atoms with E-state index in [1.165, 1.54) is 19.2 Å². The Morgan fingerprint density at radius 3 is 2.62 bits per heavy atom. The Bertz CT molecular complexity index is 728. The van der Waals surface area contributed by atoms with Crippen LogP contribution in [0.1, 0.15) is 20.0 Å². The fourth-order valence-electron chi connectivity index (χ4n) is 1.61. The largest absolute Gasteiger partial charge is 0.468 e. The summed E-state index contributed by atoms with van der Waals surface area (Å²) in [5.74, 6) is -1.42. The van der Waals surface area contributed by atoms with Gasteiger partial charge in [0.25, 0.3) is 5.91 Å². The van der Waals surface area contributed by atoms with Crippen molar-refractivity contribution in [1.29, 1.82) is 0 Å². The van der Waals surface area contributed by atoms with Crippen molar-refractivity contribution in [3.63, 3.8) is 0 Å². The summed E-state index contributed by atoms with van der Waals surface area (Å²) in [5.41, 5.74) is 0.366. The number of esters is 1. The highest BCUT2D eigenvalue weighted by Gasteiger charge is 2.28. The number of pyridine rings is 1. The number of methoxy groups -OCH3 is 1. The van der Waals surface area contributed by atoms with Gasteiger partial charge in [-0.1, -0.05) is 0 Å². The summed E-state index contributed by atoms with van der Waals surface area (Å²) in [6.07, 6.45) is -3.40. The second kappa shape index (κ2) is 7.30. The van der Waals surface area contributed by atoms with Gasteiger partial charge in [-0.25, -0.2) is 9.78 Å². The van der Waals surface area contributed by atoms with E-state index in [4.69, 9.17) is 0 Å². The lowest BCUT2D eigenvalue weighted by Crippen LogP contribution is -2.20. The number of aromatic nitrogens is 1. The Kier molecular flexibility index (Phi) is 5.39. The van der Waals surface area contributed by atoms with E-state index in [1.54, 1.807) is 5.38 Å². The van der Waals surface area contributed by atoms with E-state index in [0.29, 0.717) is 0 Å². The minimum absolute atomic E-state index is 0.0939. The molecule has 0 aliphatic carbocycles. The van der Waals surface area contributed by atoms with Gasteiger partial charge in [0.15, 0.2) is 6.61 Å². The first-order chi connectivity index (χ1) is 11.3. The van der Waals surface area contributed by atoms with Gasteiger partial charge in [-0.05, 0) is 17.5 Å². The van der Waals surface area contributed by atoms with E-state index in [1.807, 2.05) is 0 Å². The molecule has 0 saturated heterocycles. The summed E-state index contributed by atoms with van der Waals surface area (Å²) in [6, 6.07) is 3.94. The Morgan fingerprint density at radius 1 is 1.29 bits per heavy atom. The number of hydrogen-bond acceptors (Lipinski definition) is 6. The number of halogens is 3. The molecule has 0 atom stereocenters. The van der Waals surface area contributed by atoms with Crippen LogP contribution >= 0.6 is 11.3 Å². The smallest absolute Gasteiger partial charge is 0.422 e. The number of carbonyl (C=O) groups is 2. The van der Waals surface area contributed by atoms with Crippen molar-refractivity contribution in [1.82, 2.24) is 4.98 Å². The molecule has 0 aliphatic rings. The Morgan fingerprint density at radius 2 is 2.04 bits per heavy atom. The predicted molar refractivity (Wildman–Crippen MR) is 79.4 cm³/mol. The van der Waals surface area contributed by atoms with Crippen molar-refractivity contribution in [2.24, 2.45) is 0 Å². The molecule has 0 saturated carbocycles. The van der Waals surface area contributed by atoms with Gasteiger partial charge in [-0.15, -0.1) is 11.3 Å². The molecule has 1 amide bonds. The summed E-state index contributed by atoms with van der Waals surface area (Å²) in [7, 11) is 1.22. The number of nitrogens with one attached hydrogen (secondary N) is 1. The van der Waals surface area contributed by atoms with E-state index in [9.17, 15) is 22.8 Å². The van der Waals surface area contributed by atoms with Crippen molar-refractivity contribution in [3.8, 4) is 5.88 Å². The van der Waals surface area contributed by atoms with E-state index >= 15 is 0 Å². The van der Waals surface area contributed by atoms with Crippen LogP contribution in [0, 0.1) is 0 Å². The van der Waals surface area contributed by atoms with Gasteiger partial charge >= 0.3 is 12.1 Å². The van der Waals surface area contributed by atoms with Crippen molar-refractivity contribution in [2.75, 3.05) is 19.0 Å². The maximum absolute atomic E-state index is 12.1. The van der Waals surface area contributed by atoms with Crippen LogP contribution in [0.4, 0.5) is 18.9 Å². The molecule has 10 heteroatoms. The number of rotatable bonds is 5. The standard InChI is InChI=1S/C14H11F3N2O4S/c1-22-13(21)11-9(4-5-24-11)19-12(20)8-2-3-10(18-6-8)23-7-14(15,16)17/h2-6H,7H2,1H3,(H,19,20). The Labute approximate surface area is 138 Å². The van der Waals surface area contributed by atoms with Crippen molar-refractivity contribution in [3.05, 3.63) is 40.2 Å².